The van der Waals surface area contributed by atoms with Gasteiger partial charge in [0.1, 0.15) is 17.6 Å². The first-order valence-electron chi connectivity index (χ1n) is 11.9. The second kappa shape index (κ2) is 9.91. The highest BCUT2D eigenvalue weighted by atomic mass is 19.4. The standard InChI is InChI=1S/C27H29F3N4O3/c1-6-21-24(32-23-18-10-8-7-9-16(18)13-22(23)37-15(2)35)26(36)34(5)25(31-21)19-12-11-17(33(3)4)14-20(19)27(28,29)30/h7-12,14,22-23,32H,6,13H2,1-5H3/t22-,23-/m0/s1. The summed E-state index contributed by atoms with van der Waals surface area (Å²) in [4.78, 5) is 31.4. The summed E-state index contributed by atoms with van der Waals surface area (Å²) in [6.45, 7) is 3.11. The third kappa shape index (κ3) is 5.05. The van der Waals surface area contributed by atoms with Gasteiger partial charge in [-0.3, -0.25) is 14.2 Å². The van der Waals surface area contributed by atoms with Gasteiger partial charge in [0, 0.05) is 45.7 Å². The molecule has 4 rings (SSSR count). The van der Waals surface area contributed by atoms with Gasteiger partial charge < -0.3 is 15.0 Å². The third-order valence-corrected chi connectivity index (χ3v) is 6.57. The molecular formula is C27H29F3N4O3. The van der Waals surface area contributed by atoms with Crippen molar-refractivity contribution in [1.29, 1.82) is 0 Å². The largest absolute Gasteiger partial charge is 0.460 e. The number of hydrogen-bond acceptors (Lipinski definition) is 6. The predicted octanol–water partition coefficient (Wildman–Crippen LogP) is 4.74. The van der Waals surface area contributed by atoms with E-state index in [-0.39, 0.29) is 17.1 Å². The fourth-order valence-electron chi connectivity index (χ4n) is 4.74. The van der Waals surface area contributed by atoms with Crippen LogP contribution in [0.4, 0.5) is 24.5 Å². The van der Waals surface area contributed by atoms with E-state index in [4.69, 9.17) is 4.74 Å². The fourth-order valence-corrected chi connectivity index (χ4v) is 4.74. The van der Waals surface area contributed by atoms with Gasteiger partial charge in [-0.05, 0) is 35.7 Å². The number of fused-ring (bicyclic) bond motifs is 1. The van der Waals surface area contributed by atoms with Crippen molar-refractivity contribution in [3.63, 3.8) is 0 Å². The zero-order valence-electron chi connectivity index (χ0n) is 21.3. The Morgan fingerprint density at radius 2 is 1.92 bits per heavy atom. The van der Waals surface area contributed by atoms with Gasteiger partial charge in [-0.1, -0.05) is 31.2 Å². The Morgan fingerprint density at radius 3 is 2.54 bits per heavy atom. The molecule has 0 fully saturated rings. The molecule has 1 aliphatic rings. The van der Waals surface area contributed by atoms with E-state index in [1.165, 1.54) is 20.0 Å². The van der Waals surface area contributed by atoms with Crippen molar-refractivity contribution < 1.29 is 22.7 Å². The first-order valence-corrected chi connectivity index (χ1v) is 11.9. The van der Waals surface area contributed by atoms with Crippen LogP contribution in [0.25, 0.3) is 11.4 Å². The minimum absolute atomic E-state index is 0.0756. The summed E-state index contributed by atoms with van der Waals surface area (Å²) in [5.41, 5.74) is 1.19. The van der Waals surface area contributed by atoms with Crippen LogP contribution in [0.3, 0.4) is 0 Å². The lowest BCUT2D eigenvalue weighted by atomic mass is 10.0. The number of aryl methyl sites for hydroxylation is 1. The van der Waals surface area contributed by atoms with E-state index in [2.05, 4.69) is 10.3 Å². The van der Waals surface area contributed by atoms with Gasteiger partial charge in [0.2, 0.25) is 0 Å². The molecule has 2 aromatic carbocycles. The van der Waals surface area contributed by atoms with Crippen molar-refractivity contribution in [2.75, 3.05) is 24.3 Å². The first kappa shape index (κ1) is 26.2. The van der Waals surface area contributed by atoms with Gasteiger partial charge in [-0.15, -0.1) is 0 Å². The maximum Gasteiger partial charge on any atom is 0.417 e. The number of hydrogen-bond donors (Lipinski definition) is 1. The summed E-state index contributed by atoms with van der Waals surface area (Å²) in [6, 6.07) is 11.0. The van der Waals surface area contributed by atoms with Gasteiger partial charge in [-0.2, -0.15) is 13.2 Å². The number of alkyl halides is 3. The normalized spacial score (nSPS) is 16.9. The number of anilines is 2. The smallest absolute Gasteiger partial charge is 0.417 e. The Labute approximate surface area is 212 Å². The van der Waals surface area contributed by atoms with Gasteiger partial charge >= 0.3 is 12.1 Å². The minimum Gasteiger partial charge on any atom is -0.460 e. The highest BCUT2D eigenvalue weighted by molar-refractivity contribution is 5.69. The van der Waals surface area contributed by atoms with E-state index >= 15 is 0 Å². The van der Waals surface area contributed by atoms with Crippen molar-refractivity contribution in [2.24, 2.45) is 7.05 Å². The molecule has 0 saturated heterocycles. The Hall–Kier alpha value is -3.82. The molecular weight excluding hydrogens is 485 g/mol. The van der Waals surface area contributed by atoms with Crippen LogP contribution in [0.5, 0.6) is 0 Å². The average Bonchev–Trinajstić information content (AvgIpc) is 3.17. The highest BCUT2D eigenvalue weighted by Crippen LogP contribution is 2.39. The molecule has 0 bridgehead atoms. The van der Waals surface area contributed by atoms with E-state index in [1.54, 1.807) is 32.0 Å². The lowest BCUT2D eigenvalue weighted by molar-refractivity contribution is -0.146. The lowest BCUT2D eigenvalue weighted by Crippen LogP contribution is -2.32. The zero-order chi connectivity index (χ0) is 27.1. The Balaban J connectivity index is 1.83. The van der Waals surface area contributed by atoms with E-state index in [1.807, 2.05) is 24.3 Å². The summed E-state index contributed by atoms with van der Waals surface area (Å²) < 4.78 is 48.8. The average molecular weight is 515 g/mol. The number of benzene rings is 2. The predicted molar refractivity (Wildman–Crippen MR) is 136 cm³/mol. The van der Waals surface area contributed by atoms with E-state index in [9.17, 15) is 22.8 Å². The Morgan fingerprint density at radius 1 is 1.22 bits per heavy atom. The molecule has 2 atom stereocenters. The molecule has 37 heavy (non-hydrogen) atoms. The number of esters is 1. The summed E-state index contributed by atoms with van der Waals surface area (Å²) in [5, 5.41) is 3.23. The molecule has 0 radical (unpaired) electrons. The molecule has 1 aliphatic carbocycles. The van der Waals surface area contributed by atoms with Crippen LogP contribution in [-0.4, -0.2) is 35.7 Å². The number of carbonyl (C=O) groups excluding carboxylic acids is 1. The second-order valence-corrected chi connectivity index (χ2v) is 9.27. The SMILES string of the molecule is CCc1nc(-c2ccc(N(C)C)cc2C(F)(F)F)n(C)c(=O)c1N[C@H]1c2ccccc2C[C@@H]1OC(C)=O. The molecule has 0 spiro atoms. The molecule has 196 valence electrons. The summed E-state index contributed by atoms with van der Waals surface area (Å²) >= 11 is 0. The highest BCUT2D eigenvalue weighted by Gasteiger charge is 2.37. The maximum absolute atomic E-state index is 14.0. The molecule has 0 aliphatic heterocycles. The molecule has 7 nitrogen and oxygen atoms in total. The number of aromatic nitrogens is 2. The van der Waals surface area contributed by atoms with E-state index in [0.29, 0.717) is 24.2 Å². The number of rotatable bonds is 6. The van der Waals surface area contributed by atoms with Crippen LogP contribution >= 0.6 is 0 Å². The summed E-state index contributed by atoms with van der Waals surface area (Å²) in [7, 11) is 4.72. The van der Waals surface area contributed by atoms with E-state index < -0.39 is 35.4 Å². The number of nitrogens with zero attached hydrogens (tertiary/aromatic N) is 3. The number of halogens is 3. The number of carbonyl (C=O) groups is 1. The zero-order valence-corrected chi connectivity index (χ0v) is 21.3. The maximum atomic E-state index is 14.0. The van der Waals surface area contributed by atoms with Crippen molar-refractivity contribution in [3.05, 3.63) is 75.2 Å². The minimum atomic E-state index is -4.65. The van der Waals surface area contributed by atoms with Crippen LogP contribution in [0.15, 0.2) is 47.3 Å². The molecule has 1 aromatic heterocycles. The molecule has 3 aromatic rings. The molecule has 1 N–H and O–H groups in total. The first-order chi connectivity index (χ1) is 17.4. The van der Waals surface area contributed by atoms with Gasteiger partial charge in [0.15, 0.2) is 0 Å². The molecule has 0 saturated carbocycles. The van der Waals surface area contributed by atoms with Crippen LogP contribution in [0, 0.1) is 0 Å². The topological polar surface area (TPSA) is 76.5 Å². The van der Waals surface area contributed by atoms with Gasteiger partial charge in [-0.25, -0.2) is 4.98 Å². The van der Waals surface area contributed by atoms with Crippen molar-refractivity contribution in [1.82, 2.24) is 9.55 Å². The van der Waals surface area contributed by atoms with Crippen molar-refractivity contribution in [2.45, 2.75) is 45.0 Å². The quantitative estimate of drug-likeness (QED) is 0.479. The van der Waals surface area contributed by atoms with Crippen LogP contribution < -0.4 is 15.8 Å². The van der Waals surface area contributed by atoms with Crippen molar-refractivity contribution >= 4 is 17.3 Å². The molecule has 0 unspecified atom stereocenters. The fraction of sp³-hybridized carbons (Fsp3) is 0.370. The lowest BCUT2D eigenvalue weighted by Gasteiger charge is -2.25. The Kier molecular flexibility index (Phi) is 7.03. The Bertz CT molecular complexity index is 1400. The van der Waals surface area contributed by atoms with Gasteiger partial charge in [0.25, 0.3) is 5.56 Å². The second-order valence-electron chi connectivity index (χ2n) is 9.27. The number of ether oxygens (including phenoxy) is 1. The van der Waals surface area contributed by atoms with E-state index in [0.717, 1.165) is 21.8 Å². The summed E-state index contributed by atoms with van der Waals surface area (Å²) in [6.07, 6.45) is -4.41. The summed E-state index contributed by atoms with van der Waals surface area (Å²) in [5.74, 6) is -0.518. The molecule has 10 heteroatoms. The van der Waals surface area contributed by atoms with Gasteiger partial charge in [0.05, 0.1) is 17.3 Å². The van der Waals surface area contributed by atoms with Crippen molar-refractivity contribution in [3.8, 4) is 11.4 Å². The molecule has 0 amide bonds. The van der Waals surface area contributed by atoms with Crippen LogP contribution in [0.2, 0.25) is 0 Å². The molecule has 1 heterocycles. The van der Waals surface area contributed by atoms with Crippen LogP contribution in [-0.2, 0) is 35.6 Å². The third-order valence-electron chi connectivity index (χ3n) is 6.57. The monoisotopic (exact) mass is 514 g/mol. The number of nitrogens with one attached hydrogen (secondary N) is 1. The van der Waals surface area contributed by atoms with Crippen LogP contribution in [0.1, 0.15) is 42.3 Å².